The summed E-state index contributed by atoms with van der Waals surface area (Å²) in [4.78, 5) is 13.9. The predicted octanol–water partition coefficient (Wildman–Crippen LogP) is 0.952. The lowest BCUT2D eigenvalue weighted by Crippen LogP contribution is -2.40. The van der Waals surface area contributed by atoms with E-state index in [0.717, 1.165) is 18.5 Å². The normalized spacial score (nSPS) is 15.3. The van der Waals surface area contributed by atoms with Crippen LogP contribution in [0.2, 0.25) is 0 Å². The van der Waals surface area contributed by atoms with Crippen LogP contribution >= 0.6 is 0 Å². The van der Waals surface area contributed by atoms with Gasteiger partial charge in [-0.05, 0) is 30.5 Å². The first kappa shape index (κ1) is 10.2. The Morgan fingerprint density at radius 3 is 3.00 bits per heavy atom. The molecule has 1 aromatic rings. The van der Waals surface area contributed by atoms with Crippen LogP contribution in [0.3, 0.4) is 0 Å². The molecule has 0 aliphatic carbocycles. The highest BCUT2D eigenvalue weighted by Crippen LogP contribution is 2.21. The molecule has 3 heteroatoms. The lowest BCUT2D eigenvalue weighted by atomic mass is 9.95. The fourth-order valence-electron chi connectivity index (χ4n) is 2.12. The molecule has 0 saturated carbocycles. The average molecular weight is 204 g/mol. The first-order chi connectivity index (χ1) is 7.24. The van der Waals surface area contributed by atoms with Crippen molar-refractivity contribution in [3.63, 3.8) is 0 Å². The lowest BCUT2D eigenvalue weighted by molar-refractivity contribution is 0.0744. The third kappa shape index (κ3) is 1.75. The Balaban J connectivity index is 2.34. The standard InChI is InChI=1S/C12H16N2O/c1-9-3-2-4-11-10(9)5-7-14(8-6-13)12(11)15/h2-4H,5-8,13H2,1H3. The van der Waals surface area contributed by atoms with E-state index in [1.165, 1.54) is 11.1 Å². The molecule has 0 aromatic heterocycles. The van der Waals surface area contributed by atoms with Gasteiger partial charge in [0.05, 0.1) is 0 Å². The number of carbonyl (C=O) groups excluding carboxylic acids is 1. The van der Waals surface area contributed by atoms with Crippen molar-refractivity contribution in [2.45, 2.75) is 13.3 Å². The largest absolute Gasteiger partial charge is 0.337 e. The number of hydrogen-bond acceptors (Lipinski definition) is 2. The Morgan fingerprint density at radius 2 is 2.27 bits per heavy atom. The van der Waals surface area contributed by atoms with Crippen LogP contribution in [0.15, 0.2) is 18.2 Å². The van der Waals surface area contributed by atoms with Crippen LogP contribution in [0, 0.1) is 6.92 Å². The van der Waals surface area contributed by atoms with Crippen LogP contribution in [-0.4, -0.2) is 30.4 Å². The smallest absolute Gasteiger partial charge is 0.254 e. The zero-order valence-corrected chi connectivity index (χ0v) is 8.99. The molecular weight excluding hydrogens is 188 g/mol. The minimum Gasteiger partial charge on any atom is -0.337 e. The highest BCUT2D eigenvalue weighted by molar-refractivity contribution is 5.97. The Hall–Kier alpha value is -1.35. The molecule has 1 aliphatic rings. The van der Waals surface area contributed by atoms with Gasteiger partial charge in [0.15, 0.2) is 0 Å². The van der Waals surface area contributed by atoms with E-state index in [4.69, 9.17) is 5.73 Å². The highest BCUT2D eigenvalue weighted by Gasteiger charge is 2.23. The van der Waals surface area contributed by atoms with E-state index >= 15 is 0 Å². The van der Waals surface area contributed by atoms with E-state index in [-0.39, 0.29) is 5.91 Å². The molecule has 2 rings (SSSR count). The molecule has 0 fully saturated rings. The summed E-state index contributed by atoms with van der Waals surface area (Å²) < 4.78 is 0. The molecule has 0 saturated heterocycles. The summed E-state index contributed by atoms with van der Waals surface area (Å²) in [6.07, 6.45) is 0.952. The summed E-state index contributed by atoms with van der Waals surface area (Å²) in [6, 6.07) is 5.91. The number of nitrogens with two attached hydrogens (primary N) is 1. The molecule has 1 aromatic carbocycles. The van der Waals surface area contributed by atoms with Gasteiger partial charge in [0.1, 0.15) is 0 Å². The third-order valence-electron chi connectivity index (χ3n) is 2.96. The molecule has 0 unspecified atom stereocenters. The first-order valence-corrected chi connectivity index (χ1v) is 5.32. The number of fused-ring (bicyclic) bond motifs is 1. The fraction of sp³-hybridized carbons (Fsp3) is 0.417. The number of benzene rings is 1. The van der Waals surface area contributed by atoms with Crippen molar-refractivity contribution in [2.75, 3.05) is 19.6 Å². The number of amides is 1. The summed E-state index contributed by atoms with van der Waals surface area (Å²) in [7, 11) is 0. The average Bonchev–Trinajstić information content (AvgIpc) is 2.23. The second kappa shape index (κ2) is 4.03. The number of nitrogens with zero attached hydrogens (tertiary/aromatic N) is 1. The van der Waals surface area contributed by atoms with Gasteiger partial charge in [-0.15, -0.1) is 0 Å². The van der Waals surface area contributed by atoms with E-state index in [2.05, 4.69) is 13.0 Å². The predicted molar refractivity (Wildman–Crippen MR) is 59.8 cm³/mol. The third-order valence-corrected chi connectivity index (χ3v) is 2.96. The van der Waals surface area contributed by atoms with Gasteiger partial charge in [-0.3, -0.25) is 4.79 Å². The van der Waals surface area contributed by atoms with E-state index in [0.29, 0.717) is 13.1 Å². The van der Waals surface area contributed by atoms with Gasteiger partial charge in [0.25, 0.3) is 5.91 Å². The van der Waals surface area contributed by atoms with Crippen molar-refractivity contribution < 1.29 is 4.79 Å². The van der Waals surface area contributed by atoms with Crippen LogP contribution in [0.5, 0.6) is 0 Å². The molecule has 0 atom stereocenters. The van der Waals surface area contributed by atoms with Crippen molar-refractivity contribution in [3.05, 3.63) is 34.9 Å². The minimum atomic E-state index is 0.130. The molecular formula is C12H16N2O. The quantitative estimate of drug-likeness (QED) is 0.779. The second-order valence-electron chi connectivity index (χ2n) is 3.93. The number of carbonyl (C=O) groups is 1. The topological polar surface area (TPSA) is 46.3 Å². The van der Waals surface area contributed by atoms with Gasteiger partial charge in [-0.25, -0.2) is 0 Å². The summed E-state index contributed by atoms with van der Waals surface area (Å²) in [5, 5.41) is 0. The van der Waals surface area contributed by atoms with Gasteiger partial charge >= 0.3 is 0 Å². The van der Waals surface area contributed by atoms with Gasteiger partial charge in [-0.1, -0.05) is 12.1 Å². The Bertz CT molecular complexity index is 387. The first-order valence-electron chi connectivity index (χ1n) is 5.32. The summed E-state index contributed by atoms with van der Waals surface area (Å²) in [5.41, 5.74) is 8.75. The summed E-state index contributed by atoms with van der Waals surface area (Å²) in [6.45, 7) is 4.05. The maximum Gasteiger partial charge on any atom is 0.254 e. The molecule has 2 N–H and O–H groups in total. The van der Waals surface area contributed by atoms with Gasteiger partial charge < -0.3 is 10.6 Å². The van der Waals surface area contributed by atoms with E-state index < -0.39 is 0 Å². The van der Waals surface area contributed by atoms with Crippen LogP contribution < -0.4 is 5.73 Å². The van der Waals surface area contributed by atoms with Crippen LogP contribution in [0.25, 0.3) is 0 Å². The fourth-order valence-corrected chi connectivity index (χ4v) is 2.12. The molecule has 0 spiro atoms. The van der Waals surface area contributed by atoms with Crippen molar-refractivity contribution in [3.8, 4) is 0 Å². The Morgan fingerprint density at radius 1 is 1.47 bits per heavy atom. The second-order valence-corrected chi connectivity index (χ2v) is 3.93. The van der Waals surface area contributed by atoms with Crippen LogP contribution in [0.4, 0.5) is 0 Å². The molecule has 80 valence electrons. The lowest BCUT2D eigenvalue weighted by Gasteiger charge is -2.29. The summed E-state index contributed by atoms with van der Waals surface area (Å²) in [5.74, 6) is 0.130. The SMILES string of the molecule is Cc1cccc2c1CCN(CCN)C2=O. The van der Waals surface area contributed by atoms with Crippen molar-refractivity contribution in [1.29, 1.82) is 0 Å². The van der Waals surface area contributed by atoms with Gasteiger partial charge in [-0.2, -0.15) is 0 Å². The molecule has 1 aliphatic heterocycles. The van der Waals surface area contributed by atoms with E-state index in [9.17, 15) is 4.79 Å². The van der Waals surface area contributed by atoms with Crippen molar-refractivity contribution in [2.24, 2.45) is 5.73 Å². The zero-order valence-electron chi connectivity index (χ0n) is 8.99. The van der Waals surface area contributed by atoms with Gasteiger partial charge in [0, 0.05) is 25.2 Å². The monoisotopic (exact) mass is 204 g/mol. The number of hydrogen-bond donors (Lipinski definition) is 1. The maximum atomic E-state index is 12.0. The van der Waals surface area contributed by atoms with Crippen molar-refractivity contribution in [1.82, 2.24) is 4.90 Å². The number of rotatable bonds is 2. The minimum absolute atomic E-state index is 0.130. The van der Waals surface area contributed by atoms with Crippen molar-refractivity contribution >= 4 is 5.91 Å². The molecule has 0 radical (unpaired) electrons. The molecule has 0 bridgehead atoms. The summed E-state index contributed by atoms with van der Waals surface area (Å²) >= 11 is 0. The molecule has 1 amide bonds. The highest BCUT2D eigenvalue weighted by atomic mass is 16.2. The molecule has 15 heavy (non-hydrogen) atoms. The molecule has 3 nitrogen and oxygen atoms in total. The Labute approximate surface area is 89.9 Å². The van der Waals surface area contributed by atoms with Gasteiger partial charge in [0.2, 0.25) is 0 Å². The Kier molecular flexibility index (Phi) is 2.73. The number of aryl methyl sites for hydroxylation is 1. The maximum absolute atomic E-state index is 12.0. The van der Waals surface area contributed by atoms with Crippen LogP contribution in [0.1, 0.15) is 21.5 Å². The van der Waals surface area contributed by atoms with E-state index in [1.807, 2.05) is 17.0 Å². The molecule has 1 heterocycles. The van der Waals surface area contributed by atoms with Crippen LogP contribution in [-0.2, 0) is 6.42 Å². The van der Waals surface area contributed by atoms with E-state index in [1.54, 1.807) is 0 Å². The zero-order chi connectivity index (χ0) is 10.8.